The molecular formula is C55H87NO14. The van der Waals surface area contributed by atoms with E-state index in [0.717, 1.165) is 18.4 Å². The summed E-state index contributed by atoms with van der Waals surface area (Å²) < 4.78 is 41.5. The minimum Gasteiger partial charge on any atom is -0.460 e. The number of hydrogen-bond acceptors (Lipinski definition) is 14. The lowest BCUT2D eigenvalue weighted by molar-refractivity contribution is -0.265. The summed E-state index contributed by atoms with van der Waals surface area (Å²) in [5, 5.41) is 23.5. The third-order valence-corrected chi connectivity index (χ3v) is 15.2. The van der Waals surface area contributed by atoms with E-state index in [9.17, 15) is 34.2 Å². The highest BCUT2D eigenvalue weighted by molar-refractivity contribution is 6.39. The van der Waals surface area contributed by atoms with E-state index in [1.54, 1.807) is 41.1 Å². The van der Waals surface area contributed by atoms with Crippen molar-refractivity contribution in [2.24, 2.45) is 35.5 Å². The fourth-order valence-electron chi connectivity index (χ4n) is 10.7. The maximum Gasteiger partial charge on any atom is 0.329 e. The topological polar surface area (TPSA) is 194 Å². The number of cyclic esters (lactones) is 1. The number of rotatable bonds is 11. The molecule has 4 aliphatic rings. The van der Waals surface area contributed by atoms with Crippen LogP contribution in [0.4, 0.5) is 0 Å². The Morgan fingerprint density at radius 3 is 2.27 bits per heavy atom. The van der Waals surface area contributed by atoms with Gasteiger partial charge in [-0.05, 0) is 114 Å². The molecule has 396 valence electrons. The molecule has 2 bridgehead atoms. The molecule has 3 fully saturated rings. The van der Waals surface area contributed by atoms with Crippen LogP contribution in [-0.2, 0) is 57.1 Å². The summed E-state index contributed by atoms with van der Waals surface area (Å²) in [5.74, 6) is -7.83. The average Bonchev–Trinajstić information content (AvgIpc) is 3.34. The van der Waals surface area contributed by atoms with Gasteiger partial charge < -0.3 is 48.3 Å². The van der Waals surface area contributed by atoms with Gasteiger partial charge in [-0.15, -0.1) is 0 Å². The number of amides is 1. The van der Waals surface area contributed by atoms with E-state index in [1.165, 1.54) is 12.0 Å². The van der Waals surface area contributed by atoms with Crippen molar-refractivity contribution in [1.82, 2.24) is 4.90 Å². The summed E-state index contributed by atoms with van der Waals surface area (Å²) in [6.45, 7) is 16.4. The number of piperidine rings is 1. The Balaban J connectivity index is 1.68. The summed E-state index contributed by atoms with van der Waals surface area (Å²) in [7, 11) is 4.64. The van der Waals surface area contributed by atoms with Crippen LogP contribution in [0.1, 0.15) is 132 Å². The van der Waals surface area contributed by atoms with Crippen LogP contribution < -0.4 is 0 Å². The summed E-state index contributed by atoms with van der Waals surface area (Å²) in [6, 6.07) is -1.14. The number of esters is 1. The van der Waals surface area contributed by atoms with Gasteiger partial charge in [0.25, 0.3) is 11.7 Å². The number of nitrogens with zero attached hydrogens (tertiary/aromatic N) is 1. The summed E-state index contributed by atoms with van der Waals surface area (Å²) in [4.78, 5) is 72.4. The van der Waals surface area contributed by atoms with Gasteiger partial charge in [-0.2, -0.15) is 0 Å². The zero-order chi connectivity index (χ0) is 51.7. The van der Waals surface area contributed by atoms with Gasteiger partial charge >= 0.3 is 5.97 Å². The maximum atomic E-state index is 14.5. The van der Waals surface area contributed by atoms with Gasteiger partial charge in [0.15, 0.2) is 5.78 Å². The van der Waals surface area contributed by atoms with Gasteiger partial charge in [-0.3, -0.25) is 19.2 Å². The quantitative estimate of drug-likeness (QED) is 0.0911. The molecule has 2 saturated heterocycles. The number of aliphatic hydroxyl groups excluding tert-OH is 1. The fourth-order valence-corrected chi connectivity index (χ4v) is 10.7. The second-order valence-electron chi connectivity index (χ2n) is 20.6. The molecule has 0 aromatic heterocycles. The minimum absolute atomic E-state index is 0.0195. The number of carbonyl (C=O) groups is 5. The van der Waals surface area contributed by atoms with Gasteiger partial charge in [0.2, 0.25) is 5.79 Å². The Bertz CT molecular complexity index is 1840. The Morgan fingerprint density at radius 2 is 1.59 bits per heavy atom. The number of carbonyl (C=O) groups excluding carboxylic acids is 5. The molecule has 15 atom stereocenters. The molecule has 4 rings (SSSR count). The van der Waals surface area contributed by atoms with Gasteiger partial charge in [0.1, 0.15) is 30.1 Å². The van der Waals surface area contributed by atoms with Crippen LogP contribution in [0.25, 0.3) is 0 Å². The second kappa shape index (κ2) is 28.7. The number of ether oxygens (including phenoxy) is 7. The number of ketones is 3. The molecule has 1 saturated carbocycles. The van der Waals surface area contributed by atoms with Crippen LogP contribution in [0, 0.1) is 35.5 Å². The van der Waals surface area contributed by atoms with Crippen molar-refractivity contribution in [3.05, 3.63) is 47.6 Å². The number of methoxy groups -OCH3 is 3. The van der Waals surface area contributed by atoms with Crippen LogP contribution in [0.2, 0.25) is 0 Å². The zero-order valence-electron chi connectivity index (χ0n) is 44.1. The van der Waals surface area contributed by atoms with Crippen molar-refractivity contribution in [3.8, 4) is 0 Å². The van der Waals surface area contributed by atoms with Gasteiger partial charge in [0, 0.05) is 65.1 Å². The molecule has 15 heteroatoms. The molecule has 1 aliphatic carbocycles. The van der Waals surface area contributed by atoms with Crippen LogP contribution in [0.5, 0.6) is 0 Å². The van der Waals surface area contributed by atoms with Crippen LogP contribution >= 0.6 is 0 Å². The number of hydrogen-bond donors (Lipinski definition) is 2. The van der Waals surface area contributed by atoms with Crippen molar-refractivity contribution < 1.29 is 67.3 Å². The van der Waals surface area contributed by atoms with E-state index in [-0.39, 0.29) is 60.9 Å². The number of Topliss-reactive ketones (excluding diaryl/α,β-unsaturated/α-hetero) is 3. The monoisotopic (exact) mass is 986 g/mol. The summed E-state index contributed by atoms with van der Waals surface area (Å²) in [6.07, 6.45) is 12.4. The lowest BCUT2D eigenvalue weighted by Crippen LogP contribution is -2.61. The van der Waals surface area contributed by atoms with Crippen molar-refractivity contribution in [2.75, 3.05) is 47.7 Å². The van der Waals surface area contributed by atoms with Crippen LogP contribution in [0.3, 0.4) is 0 Å². The molecule has 15 nitrogen and oxygen atoms in total. The Labute approximate surface area is 418 Å². The van der Waals surface area contributed by atoms with Gasteiger partial charge in [0.05, 0.1) is 37.6 Å². The van der Waals surface area contributed by atoms with E-state index >= 15 is 0 Å². The molecular weight excluding hydrogens is 899 g/mol. The fraction of sp³-hybridized carbons (Fsp3) is 0.764. The van der Waals surface area contributed by atoms with Crippen molar-refractivity contribution in [1.29, 1.82) is 0 Å². The SMILES string of the molecule is CCOCCOC1CC[C@@H](C[C@@H](C)[C@@H]2CC(=O)[C@H](C)/C=C(\C)[C@@H](O)C(OC)C(=O)[C@H](C)C[C@H](C)/C=C/C=C/C=C(\C)[C@@H](OC)C[C@@H]3CC[C@@H](C)[C@@](O)(O3)C(=O)C(=O)N3CCCC[C@H]3C(=O)O2)C[C@H]1OC. The first kappa shape index (κ1) is 59.2. The van der Waals surface area contributed by atoms with Gasteiger partial charge in [-0.1, -0.05) is 71.1 Å². The van der Waals surface area contributed by atoms with Gasteiger partial charge in [-0.25, -0.2) is 4.79 Å². The van der Waals surface area contributed by atoms with Crippen molar-refractivity contribution >= 4 is 29.2 Å². The Kier molecular flexibility index (Phi) is 24.3. The first-order valence-corrected chi connectivity index (χ1v) is 26.0. The Morgan fingerprint density at radius 1 is 0.843 bits per heavy atom. The predicted octanol–water partition coefficient (Wildman–Crippen LogP) is 7.24. The molecule has 0 spiro atoms. The van der Waals surface area contributed by atoms with E-state index < -0.39 is 77.8 Å². The van der Waals surface area contributed by atoms with Crippen molar-refractivity contribution in [2.45, 2.75) is 187 Å². The van der Waals surface area contributed by atoms with E-state index in [0.29, 0.717) is 76.8 Å². The normalized spacial score (nSPS) is 38.4. The molecule has 3 heterocycles. The highest BCUT2D eigenvalue weighted by Crippen LogP contribution is 2.38. The highest BCUT2D eigenvalue weighted by Gasteiger charge is 2.53. The minimum atomic E-state index is -2.43. The van der Waals surface area contributed by atoms with E-state index in [4.69, 9.17) is 33.2 Å². The highest BCUT2D eigenvalue weighted by atomic mass is 16.6. The number of aliphatic hydroxyl groups is 2. The van der Waals surface area contributed by atoms with Crippen LogP contribution in [-0.4, -0.2) is 147 Å². The summed E-state index contributed by atoms with van der Waals surface area (Å²) >= 11 is 0. The predicted molar refractivity (Wildman–Crippen MR) is 265 cm³/mol. The lowest BCUT2D eigenvalue weighted by Gasteiger charge is -2.42. The van der Waals surface area contributed by atoms with Crippen molar-refractivity contribution in [3.63, 3.8) is 0 Å². The number of fused-ring (bicyclic) bond motifs is 3. The van der Waals surface area contributed by atoms with E-state index in [1.807, 2.05) is 65.0 Å². The molecule has 70 heavy (non-hydrogen) atoms. The lowest BCUT2D eigenvalue weighted by atomic mass is 9.78. The third-order valence-electron chi connectivity index (χ3n) is 15.2. The molecule has 0 aromatic rings. The molecule has 1 amide bonds. The standard InChI is InChI=1S/C55H87NO14/c1-12-67-26-27-68-45-24-22-41(31-48(45)65-10)30-37(5)47-33-44(57)36(4)29-39(7)50(59)51(66-11)49(58)38(6)28-34(2)18-14-13-15-19-35(3)46(64-9)32-42-23-21-40(8)55(63,70-42)52(60)53(61)56-25-17-16-20-43(56)54(62)69-47/h13-15,18-19,29,34,36-38,40-43,45-48,50-51,59,63H,12,16-17,20-28,30-33H2,1-11H3/b15-13+,18-14+,35-19+,39-29+/t34-,36-,37-,38-,40-,41+,42+,43+,45?,46+,47+,48-,50-,51?,55-/m1/s1. The maximum absolute atomic E-state index is 14.5. The first-order chi connectivity index (χ1) is 33.3. The van der Waals surface area contributed by atoms with Crippen LogP contribution in [0.15, 0.2) is 47.6 Å². The molecule has 2 N–H and O–H groups in total. The molecule has 0 radical (unpaired) electrons. The summed E-state index contributed by atoms with van der Waals surface area (Å²) in [5.41, 5.74) is 1.28. The first-order valence-electron chi connectivity index (χ1n) is 26.0. The smallest absolute Gasteiger partial charge is 0.329 e. The average molecular weight is 986 g/mol. The largest absolute Gasteiger partial charge is 0.460 e. The molecule has 0 aromatic carbocycles. The zero-order valence-corrected chi connectivity index (χ0v) is 44.1. The molecule has 2 unspecified atom stereocenters. The number of allylic oxidation sites excluding steroid dienone is 6. The second-order valence-corrected chi connectivity index (χ2v) is 20.6. The Hall–Kier alpha value is -3.41. The van der Waals surface area contributed by atoms with E-state index in [2.05, 4.69) is 0 Å². The molecule has 3 aliphatic heterocycles. The third kappa shape index (κ3) is 16.3.